The SMILES string of the molecule is COc1cc(O)c(-c2nnc(C(N)=O)n2Cc2ccc3c(c2)OCO3)cc1C(C)C. The van der Waals surface area contributed by atoms with Crippen molar-refractivity contribution in [2.75, 3.05) is 13.9 Å². The highest BCUT2D eigenvalue weighted by Crippen LogP contribution is 2.38. The van der Waals surface area contributed by atoms with Gasteiger partial charge in [-0.15, -0.1) is 10.2 Å². The van der Waals surface area contributed by atoms with Gasteiger partial charge in [-0.1, -0.05) is 19.9 Å². The summed E-state index contributed by atoms with van der Waals surface area (Å²) >= 11 is 0. The smallest absolute Gasteiger partial charge is 0.286 e. The van der Waals surface area contributed by atoms with Crippen LogP contribution < -0.4 is 19.9 Å². The summed E-state index contributed by atoms with van der Waals surface area (Å²) in [7, 11) is 1.55. The number of amides is 1. The van der Waals surface area contributed by atoms with Gasteiger partial charge >= 0.3 is 0 Å². The van der Waals surface area contributed by atoms with E-state index in [0.29, 0.717) is 28.6 Å². The molecule has 3 aromatic rings. The van der Waals surface area contributed by atoms with E-state index in [2.05, 4.69) is 10.2 Å². The molecule has 0 radical (unpaired) electrons. The van der Waals surface area contributed by atoms with Crippen LogP contribution in [0.5, 0.6) is 23.0 Å². The number of carbonyl (C=O) groups excluding carboxylic acids is 1. The third-order valence-electron chi connectivity index (χ3n) is 4.96. The second kappa shape index (κ2) is 7.58. The number of ether oxygens (including phenoxy) is 3. The predicted molar refractivity (Wildman–Crippen MR) is 108 cm³/mol. The van der Waals surface area contributed by atoms with Crippen LogP contribution in [0.15, 0.2) is 30.3 Å². The van der Waals surface area contributed by atoms with Crippen molar-refractivity contribution in [1.29, 1.82) is 0 Å². The molecule has 1 amide bonds. The molecule has 1 aromatic heterocycles. The zero-order chi connectivity index (χ0) is 21.4. The van der Waals surface area contributed by atoms with Crippen LogP contribution in [0.1, 0.15) is 41.5 Å². The van der Waals surface area contributed by atoms with Crippen LogP contribution in [0.4, 0.5) is 0 Å². The minimum atomic E-state index is -0.716. The zero-order valence-corrected chi connectivity index (χ0v) is 16.9. The lowest BCUT2D eigenvalue weighted by Gasteiger charge is -2.16. The largest absolute Gasteiger partial charge is 0.507 e. The summed E-state index contributed by atoms with van der Waals surface area (Å²) in [5.74, 6) is 1.55. The first-order chi connectivity index (χ1) is 14.4. The molecule has 2 aromatic carbocycles. The van der Waals surface area contributed by atoms with Gasteiger partial charge in [0.2, 0.25) is 12.6 Å². The van der Waals surface area contributed by atoms with Crippen molar-refractivity contribution in [1.82, 2.24) is 14.8 Å². The highest BCUT2D eigenvalue weighted by Gasteiger charge is 2.23. The number of primary amides is 1. The van der Waals surface area contributed by atoms with Crippen molar-refractivity contribution in [3.63, 3.8) is 0 Å². The fourth-order valence-electron chi connectivity index (χ4n) is 3.45. The monoisotopic (exact) mass is 410 g/mol. The highest BCUT2D eigenvalue weighted by molar-refractivity contribution is 5.90. The van der Waals surface area contributed by atoms with E-state index >= 15 is 0 Å². The molecule has 0 unspecified atom stereocenters. The number of nitrogens with zero attached hydrogens (tertiary/aromatic N) is 3. The summed E-state index contributed by atoms with van der Waals surface area (Å²) in [5.41, 5.74) is 7.68. The number of nitrogens with two attached hydrogens (primary N) is 1. The number of phenolic OH excluding ortho intramolecular Hbond substituents is 1. The summed E-state index contributed by atoms with van der Waals surface area (Å²) in [6.07, 6.45) is 0. The molecular formula is C21H22N4O5. The van der Waals surface area contributed by atoms with Gasteiger partial charge in [0.1, 0.15) is 11.5 Å². The van der Waals surface area contributed by atoms with Gasteiger partial charge in [-0.25, -0.2) is 0 Å². The molecule has 9 heteroatoms. The Morgan fingerprint density at radius 3 is 2.70 bits per heavy atom. The van der Waals surface area contributed by atoms with Crippen LogP contribution in [0.3, 0.4) is 0 Å². The van der Waals surface area contributed by atoms with Gasteiger partial charge in [-0.3, -0.25) is 9.36 Å². The molecule has 0 bridgehead atoms. The molecule has 1 aliphatic rings. The van der Waals surface area contributed by atoms with E-state index in [1.54, 1.807) is 23.8 Å². The predicted octanol–water partition coefficient (Wildman–Crippen LogP) is 2.66. The van der Waals surface area contributed by atoms with Gasteiger partial charge in [-0.2, -0.15) is 0 Å². The Morgan fingerprint density at radius 1 is 1.23 bits per heavy atom. The zero-order valence-electron chi connectivity index (χ0n) is 16.9. The number of aromatic nitrogens is 3. The van der Waals surface area contributed by atoms with Crippen LogP contribution in [-0.2, 0) is 6.54 Å². The molecule has 0 aliphatic carbocycles. The summed E-state index contributed by atoms with van der Waals surface area (Å²) in [4.78, 5) is 12.0. The highest BCUT2D eigenvalue weighted by atomic mass is 16.7. The molecule has 1 aliphatic heterocycles. The number of hydrogen-bond acceptors (Lipinski definition) is 7. The topological polar surface area (TPSA) is 122 Å². The van der Waals surface area contributed by atoms with Crippen molar-refractivity contribution >= 4 is 5.91 Å². The molecule has 9 nitrogen and oxygen atoms in total. The fourth-order valence-corrected chi connectivity index (χ4v) is 3.45. The average Bonchev–Trinajstić information content (AvgIpc) is 3.34. The molecule has 30 heavy (non-hydrogen) atoms. The maximum atomic E-state index is 12.0. The van der Waals surface area contributed by atoms with Gasteiger partial charge in [0.05, 0.1) is 19.2 Å². The lowest BCUT2D eigenvalue weighted by molar-refractivity contribution is 0.0986. The Hall–Kier alpha value is -3.75. The average molecular weight is 410 g/mol. The molecule has 0 atom stereocenters. The second-order valence-corrected chi connectivity index (χ2v) is 7.25. The van der Waals surface area contributed by atoms with Crippen molar-refractivity contribution in [3.8, 4) is 34.4 Å². The van der Waals surface area contributed by atoms with Gasteiger partial charge in [-0.05, 0) is 35.2 Å². The third-order valence-corrected chi connectivity index (χ3v) is 4.96. The number of hydrogen-bond donors (Lipinski definition) is 2. The van der Waals surface area contributed by atoms with Crippen molar-refractivity contribution in [2.24, 2.45) is 5.73 Å². The second-order valence-electron chi connectivity index (χ2n) is 7.25. The van der Waals surface area contributed by atoms with Crippen molar-refractivity contribution in [2.45, 2.75) is 26.3 Å². The number of benzene rings is 2. The number of carbonyl (C=O) groups is 1. The number of phenols is 1. The van der Waals surface area contributed by atoms with Gasteiger partial charge < -0.3 is 25.1 Å². The maximum Gasteiger partial charge on any atom is 0.286 e. The molecule has 156 valence electrons. The molecule has 0 saturated heterocycles. The Balaban J connectivity index is 1.82. The molecule has 3 N–H and O–H groups in total. The summed E-state index contributed by atoms with van der Waals surface area (Å²) < 4.78 is 17.7. The summed E-state index contributed by atoms with van der Waals surface area (Å²) in [6.45, 7) is 4.45. The minimum absolute atomic E-state index is 0.0102. The fraction of sp³-hybridized carbons (Fsp3) is 0.286. The van der Waals surface area contributed by atoms with E-state index in [-0.39, 0.29) is 30.8 Å². The van der Waals surface area contributed by atoms with Crippen LogP contribution >= 0.6 is 0 Å². The quantitative estimate of drug-likeness (QED) is 0.641. The number of methoxy groups -OCH3 is 1. The normalized spacial score (nSPS) is 12.4. The third kappa shape index (κ3) is 3.38. The van der Waals surface area contributed by atoms with Gasteiger partial charge in [0.25, 0.3) is 5.91 Å². The molecule has 0 fully saturated rings. The Morgan fingerprint density at radius 2 is 2.00 bits per heavy atom. The van der Waals surface area contributed by atoms with Crippen LogP contribution in [-0.4, -0.2) is 39.7 Å². The molecule has 0 spiro atoms. The summed E-state index contributed by atoms with van der Waals surface area (Å²) in [6, 6.07) is 8.81. The van der Waals surface area contributed by atoms with E-state index < -0.39 is 5.91 Å². The first-order valence-electron chi connectivity index (χ1n) is 9.41. The van der Waals surface area contributed by atoms with E-state index in [4.69, 9.17) is 19.9 Å². The Bertz CT molecular complexity index is 1120. The van der Waals surface area contributed by atoms with Gasteiger partial charge in [0.15, 0.2) is 17.3 Å². The first-order valence-corrected chi connectivity index (χ1v) is 9.41. The first kappa shape index (κ1) is 19.6. The maximum absolute atomic E-state index is 12.0. The van der Waals surface area contributed by atoms with E-state index in [1.807, 2.05) is 26.0 Å². The molecular weight excluding hydrogens is 388 g/mol. The van der Waals surface area contributed by atoms with Crippen molar-refractivity contribution in [3.05, 3.63) is 47.3 Å². The number of aromatic hydroxyl groups is 1. The molecule has 2 heterocycles. The number of fused-ring (bicyclic) bond motifs is 1. The summed E-state index contributed by atoms with van der Waals surface area (Å²) in [5, 5.41) is 18.7. The van der Waals surface area contributed by atoms with E-state index in [9.17, 15) is 9.90 Å². The Labute approximate surface area is 173 Å². The van der Waals surface area contributed by atoms with Crippen LogP contribution in [0.2, 0.25) is 0 Å². The van der Waals surface area contributed by atoms with Gasteiger partial charge in [0, 0.05) is 6.07 Å². The van der Waals surface area contributed by atoms with E-state index in [0.717, 1.165) is 11.1 Å². The minimum Gasteiger partial charge on any atom is -0.507 e. The van der Waals surface area contributed by atoms with Crippen molar-refractivity contribution < 1.29 is 24.1 Å². The lowest BCUT2D eigenvalue weighted by atomic mass is 9.98. The number of rotatable bonds is 6. The molecule has 4 rings (SSSR count). The lowest BCUT2D eigenvalue weighted by Crippen LogP contribution is -2.19. The van der Waals surface area contributed by atoms with Crippen LogP contribution in [0.25, 0.3) is 11.4 Å². The van der Waals surface area contributed by atoms with E-state index in [1.165, 1.54) is 6.07 Å². The standard InChI is InChI=1S/C21H22N4O5/c1-11(2)13-7-14(15(26)8-17(13)28-3)20-23-24-21(19(22)27)25(20)9-12-4-5-16-18(6-12)30-10-29-16/h4-8,11,26H,9-10H2,1-3H3,(H2,22,27). The molecule has 0 saturated carbocycles. The van der Waals surface area contributed by atoms with Crippen LogP contribution in [0, 0.1) is 0 Å². The Kier molecular flexibility index (Phi) is 4.94.